The van der Waals surface area contributed by atoms with Crippen LogP contribution < -0.4 is 0 Å². The molecule has 0 aromatic carbocycles. The molecule has 0 saturated carbocycles. The van der Waals surface area contributed by atoms with Crippen molar-refractivity contribution in [1.29, 1.82) is 0 Å². The summed E-state index contributed by atoms with van der Waals surface area (Å²) in [6, 6.07) is 1.54. The minimum Gasteiger partial charge on any atom is -0.378 e. The Morgan fingerprint density at radius 2 is 2.04 bits per heavy atom. The van der Waals surface area contributed by atoms with E-state index in [1.165, 1.54) is 12.8 Å². The fraction of sp³-hybridized carbons (Fsp3) is 0.733. The van der Waals surface area contributed by atoms with Gasteiger partial charge in [0.1, 0.15) is 5.69 Å². The molecule has 4 heterocycles. The third-order valence-corrected chi connectivity index (χ3v) is 4.97. The number of piperidine rings is 1. The molecule has 2 aliphatic heterocycles. The van der Waals surface area contributed by atoms with E-state index in [9.17, 15) is 0 Å². The third kappa shape index (κ3) is 2.88. The highest BCUT2D eigenvalue weighted by molar-refractivity contribution is 5.00. The Balaban J connectivity index is 1.44. The molecule has 0 radical (unpaired) electrons. The summed E-state index contributed by atoms with van der Waals surface area (Å²) in [6.07, 6.45) is 6.67. The largest absolute Gasteiger partial charge is 0.378 e. The summed E-state index contributed by atoms with van der Waals surface area (Å²) in [4.78, 5) is 6.87. The number of hydrogen-bond acceptors (Lipinski definition) is 7. The smallest absolute Gasteiger partial charge is 0.240 e. The molecule has 2 saturated heterocycles. The van der Waals surface area contributed by atoms with E-state index in [-0.39, 0.29) is 0 Å². The van der Waals surface area contributed by atoms with Gasteiger partial charge in [-0.05, 0) is 32.6 Å². The summed E-state index contributed by atoms with van der Waals surface area (Å²) in [5, 5.41) is 12.4. The molecule has 2 atom stereocenters. The van der Waals surface area contributed by atoms with Crippen LogP contribution in [0.3, 0.4) is 0 Å². The lowest BCUT2D eigenvalue weighted by atomic mass is 9.97. The Labute approximate surface area is 134 Å². The van der Waals surface area contributed by atoms with Crippen molar-refractivity contribution < 1.29 is 9.26 Å². The van der Waals surface area contributed by atoms with Crippen LogP contribution in [0.1, 0.15) is 49.1 Å². The molecule has 0 N–H and O–H groups in total. The van der Waals surface area contributed by atoms with Gasteiger partial charge >= 0.3 is 0 Å². The van der Waals surface area contributed by atoms with Crippen LogP contribution in [0.25, 0.3) is 0 Å². The SMILES string of the molecule is COCc1cn(C2CC3CCC(C2)N3Cc2nc(C)no2)nn1. The molecule has 2 aliphatic rings. The van der Waals surface area contributed by atoms with Crippen molar-refractivity contribution in [2.75, 3.05) is 7.11 Å². The van der Waals surface area contributed by atoms with Gasteiger partial charge in [0.25, 0.3) is 0 Å². The standard InChI is InChI=1S/C15H22N6O2/c1-10-16-15(23-18-10)8-20-12-3-4-13(20)6-14(5-12)21-7-11(9-22-2)17-19-21/h7,12-14H,3-6,8-9H2,1-2H3. The van der Waals surface area contributed by atoms with Gasteiger partial charge in [0.15, 0.2) is 5.82 Å². The molecule has 4 rings (SSSR count). The van der Waals surface area contributed by atoms with E-state index in [4.69, 9.17) is 9.26 Å². The first kappa shape index (κ1) is 14.8. The van der Waals surface area contributed by atoms with E-state index in [1.54, 1.807) is 7.11 Å². The van der Waals surface area contributed by atoms with Gasteiger partial charge in [-0.15, -0.1) is 5.10 Å². The zero-order valence-corrected chi connectivity index (χ0v) is 13.6. The first-order valence-electron chi connectivity index (χ1n) is 8.17. The fourth-order valence-electron chi connectivity index (χ4n) is 3.99. The molecule has 124 valence electrons. The second-order valence-corrected chi connectivity index (χ2v) is 6.54. The van der Waals surface area contributed by atoms with Gasteiger partial charge in [0, 0.05) is 19.2 Å². The minimum absolute atomic E-state index is 0.422. The van der Waals surface area contributed by atoms with Crippen LogP contribution in [-0.4, -0.2) is 49.2 Å². The van der Waals surface area contributed by atoms with Gasteiger partial charge in [-0.1, -0.05) is 10.4 Å². The van der Waals surface area contributed by atoms with Crippen LogP contribution in [0, 0.1) is 6.92 Å². The third-order valence-electron chi connectivity index (χ3n) is 4.97. The lowest BCUT2D eigenvalue weighted by molar-refractivity contribution is 0.0831. The van der Waals surface area contributed by atoms with E-state index in [0.29, 0.717) is 30.6 Å². The maximum absolute atomic E-state index is 5.29. The summed E-state index contributed by atoms with van der Waals surface area (Å²) in [5.74, 6) is 1.43. The topological polar surface area (TPSA) is 82.1 Å². The van der Waals surface area contributed by atoms with Crippen LogP contribution in [-0.2, 0) is 17.9 Å². The summed E-state index contributed by atoms with van der Waals surface area (Å²) < 4.78 is 12.4. The summed E-state index contributed by atoms with van der Waals surface area (Å²) in [7, 11) is 1.68. The predicted octanol–water partition coefficient (Wildman–Crippen LogP) is 1.48. The quantitative estimate of drug-likeness (QED) is 0.826. The van der Waals surface area contributed by atoms with E-state index in [1.807, 2.05) is 17.8 Å². The van der Waals surface area contributed by atoms with Gasteiger partial charge in [-0.2, -0.15) is 4.98 Å². The highest BCUT2D eigenvalue weighted by Crippen LogP contribution is 2.41. The van der Waals surface area contributed by atoms with E-state index < -0.39 is 0 Å². The van der Waals surface area contributed by atoms with Crippen LogP contribution in [0.2, 0.25) is 0 Å². The van der Waals surface area contributed by atoms with Crippen molar-refractivity contribution in [2.45, 2.75) is 63.9 Å². The Morgan fingerprint density at radius 1 is 1.26 bits per heavy atom. The molecule has 8 heteroatoms. The summed E-state index contributed by atoms with van der Waals surface area (Å²) in [5.41, 5.74) is 0.892. The fourth-order valence-corrected chi connectivity index (χ4v) is 3.99. The van der Waals surface area contributed by atoms with Crippen LogP contribution in [0.4, 0.5) is 0 Å². The Hall–Kier alpha value is -1.80. The van der Waals surface area contributed by atoms with E-state index in [2.05, 4.69) is 25.4 Å². The average Bonchev–Trinajstić information content (AvgIpc) is 3.21. The maximum Gasteiger partial charge on any atom is 0.240 e. The van der Waals surface area contributed by atoms with Crippen molar-refractivity contribution in [3.8, 4) is 0 Å². The van der Waals surface area contributed by atoms with Crippen LogP contribution >= 0.6 is 0 Å². The number of aryl methyl sites for hydroxylation is 1. The van der Waals surface area contributed by atoms with Crippen molar-refractivity contribution >= 4 is 0 Å². The monoisotopic (exact) mass is 318 g/mol. The number of fused-ring (bicyclic) bond motifs is 2. The Morgan fingerprint density at radius 3 is 2.70 bits per heavy atom. The molecule has 2 bridgehead atoms. The second-order valence-electron chi connectivity index (χ2n) is 6.54. The highest BCUT2D eigenvalue weighted by atomic mass is 16.5. The lowest BCUT2D eigenvalue weighted by Crippen LogP contribution is -2.43. The number of ether oxygens (including phenoxy) is 1. The van der Waals surface area contributed by atoms with Gasteiger partial charge in [0.2, 0.25) is 5.89 Å². The molecular formula is C15H22N6O2. The first-order valence-corrected chi connectivity index (χ1v) is 8.17. The molecule has 8 nitrogen and oxygen atoms in total. The van der Waals surface area contributed by atoms with Gasteiger partial charge in [0.05, 0.1) is 25.4 Å². The zero-order chi connectivity index (χ0) is 15.8. The average molecular weight is 318 g/mol. The van der Waals surface area contributed by atoms with E-state index >= 15 is 0 Å². The van der Waals surface area contributed by atoms with Crippen LogP contribution in [0.15, 0.2) is 10.7 Å². The molecule has 0 amide bonds. The summed E-state index contributed by atoms with van der Waals surface area (Å²) in [6.45, 7) is 3.13. The highest BCUT2D eigenvalue weighted by Gasteiger charge is 2.42. The molecular weight excluding hydrogens is 296 g/mol. The normalized spacial score (nSPS) is 27.7. The molecule has 0 aliphatic carbocycles. The van der Waals surface area contributed by atoms with Crippen molar-refractivity contribution in [3.05, 3.63) is 23.6 Å². The second kappa shape index (κ2) is 6.01. The van der Waals surface area contributed by atoms with Crippen molar-refractivity contribution in [1.82, 2.24) is 30.0 Å². The number of aromatic nitrogens is 5. The molecule has 2 aromatic rings. The van der Waals surface area contributed by atoms with Crippen molar-refractivity contribution in [2.24, 2.45) is 0 Å². The summed E-state index contributed by atoms with van der Waals surface area (Å²) >= 11 is 0. The Kier molecular flexibility index (Phi) is 3.86. The number of rotatable bonds is 5. The maximum atomic E-state index is 5.29. The van der Waals surface area contributed by atoms with Gasteiger partial charge in [-0.3, -0.25) is 4.90 Å². The number of nitrogens with zero attached hydrogens (tertiary/aromatic N) is 6. The molecule has 23 heavy (non-hydrogen) atoms. The molecule has 0 spiro atoms. The predicted molar refractivity (Wildman–Crippen MR) is 80.4 cm³/mol. The number of methoxy groups -OCH3 is 1. The zero-order valence-electron chi connectivity index (χ0n) is 13.6. The van der Waals surface area contributed by atoms with Gasteiger partial charge < -0.3 is 9.26 Å². The number of hydrogen-bond donors (Lipinski definition) is 0. The molecule has 2 fully saturated rings. The van der Waals surface area contributed by atoms with Gasteiger partial charge in [-0.25, -0.2) is 4.68 Å². The molecule has 2 unspecified atom stereocenters. The Bertz CT molecular complexity index is 654. The van der Waals surface area contributed by atoms with Crippen LogP contribution in [0.5, 0.6) is 0 Å². The first-order chi connectivity index (χ1) is 11.2. The van der Waals surface area contributed by atoms with E-state index in [0.717, 1.165) is 31.0 Å². The van der Waals surface area contributed by atoms with Crippen molar-refractivity contribution in [3.63, 3.8) is 0 Å². The lowest BCUT2D eigenvalue weighted by Gasteiger charge is -2.37. The molecule has 2 aromatic heterocycles. The minimum atomic E-state index is 0.422.